The number of guanidine groups is 1. The summed E-state index contributed by atoms with van der Waals surface area (Å²) in [5.74, 6) is 2.70. The number of amides is 1. The summed E-state index contributed by atoms with van der Waals surface area (Å²) in [7, 11) is 1.68. The molecule has 1 aromatic carbocycles. The van der Waals surface area contributed by atoms with E-state index in [9.17, 15) is 4.79 Å². The van der Waals surface area contributed by atoms with Crippen molar-refractivity contribution in [1.82, 2.24) is 15.1 Å². The second-order valence-corrected chi connectivity index (χ2v) is 7.66. The van der Waals surface area contributed by atoms with Crippen molar-refractivity contribution in [1.29, 1.82) is 0 Å². The number of nitrogens with zero attached hydrogens (tertiary/aromatic N) is 3. The van der Waals surface area contributed by atoms with Crippen molar-refractivity contribution < 1.29 is 14.3 Å². The normalized spacial score (nSPS) is 17.5. The molecule has 1 amide bonds. The third-order valence-electron chi connectivity index (χ3n) is 5.63. The molecule has 0 radical (unpaired) electrons. The van der Waals surface area contributed by atoms with Crippen molar-refractivity contribution in [2.24, 2.45) is 4.99 Å². The largest absolute Gasteiger partial charge is 0.497 e. The minimum atomic E-state index is 0. The van der Waals surface area contributed by atoms with E-state index in [2.05, 4.69) is 17.1 Å². The van der Waals surface area contributed by atoms with Gasteiger partial charge in [-0.05, 0) is 44.7 Å². The van der Waals surface area contributed by atoms with Crippen molar-refractivity contribution in [3.05, 3.63) is 23.8 Å². The number of halogens is 1. The topological polar surface area (TPSA) is 66.4 Å². The number of rotatable bonds is 6. The van der Waals surface area contributed by atoms with Gasteiger partial charge in [0.2, 0.25) is 5.91 Å². The van der Waals surface area contributed by atoms with Crippen LogP contribution in [-0.2, 0) is 11.3 Å². The highest BCUT2D eigenvalue weighted by molar-refractivity contribution is 14.0. The summed E-state index contributed by atoms with van der Waals surface area (Å²) in [5.41, 5.74) is 1.07. The lowest BCUT2D eigenvalue weighted by atomic mass is 10.2. The fraction of sp³-hybridized carbons (Fsp3) is 0.636. The van der Waals surface area contributed by atoms with E-state index in [4.69, 9.17) is 14.5 Å². The zero-order valence-corrected chi connectivity index (χ0v) is 20.7. The molecule has 3 rings (SSSR count). The van der Waals surface area contributed by atoms with Crippen LogP contribution in [0.4, 0.5) is 0 Å². The van der Waals surface area contributed by atoms with E-state index >= 15 is 0 Å². The van der Waals surface area contributed by atoms with E-state index in [0.29, 0.717) is 6.54 Å². The van der Waals surface area contributed by atoms with E-state index in [1.807, 2.05) is 23.1 Å². The van der Waals surface area contributed by atoms with Gasteiger partial charge in [0, 0.05) is 51.3 Å². The number of benzene rings is 1. The van der Waals surface area contributed by atoms with Crippen LogP contribution in [0.15, 0.2) is 23.2 Å². The van der Waals surface area contributed by atoms with Gasteiger partial charge in [-0.15, -0.1) is 24.0 Å². The van der Waals surface area contributed by atoms with Crippen molar-refractivity contribution in [2.45, 2.75) is 52.2 Å². The Bertz CT molecular complexity index is 714. The molecule has 1 heterocycles. The average molecular weight is 530 g/mol. The Morgan fingerprint density at radius 3 is 2.43 bits per heavy atom. The highest BCUT2D eigenvalue weighted by Gasteiger charge is 2.22. The maximum Gasteiger partial charge on any atom is 0.219 e. The van der Waals surface area contributed by atoms with Gasteiger partial charge in [-0.25, -0.2) is 4.99 Å². The number of nitrogens with one attached hydrogen (secondary N) is 1. The van der Waals surface area contributed by atoms with Gasteiger partial charge in [0.25, 0.3) is 0 Å². The first kappa shape index (κ1) is 24.6. The number of methoxy groups -OCH3 is 1. The Kier molecular flexibility index (Phi) is 10.0. The smallest absolute Gasteiger partial charge is 0.219 e. The van der Waals surface area contributed by atoms with Crippen LogP contribution < -0.4 is 14.8 Å². The lowest BCUT2D eigenvalue weighted by Gasteiger charge is -2.36. The maximum atomic E-state index is 11.6. The monoisotopic (exact) mass is 530 g/mol. The van der Waals surface area contributed by atoms with Crippen molar-refractivity contribution in [3.63, 3.8) is 0 Å². The number of hydrogen-bond acceptors (Lipinski definition) is 4. The average Bonchev–Trinajstić information content (AvgIpc) is 3.25. The molecule has 7 nitrogen and oxygen atoms in total. The lowest BCUT2D eigenvalue weighted by Crippen LogP contribution is -2.53. The van der Waals surface area contributed by atoms with Crippen LogP contribution in [0.1, 0.15) is 45.1 Å². The van der Waals surface area contributed by atoms with Crippen LogP contribution in [0.25, 0.3) is 0 Å². The molecule has 0 atom stereocenters. The predicted molar refractivity (Wildman–Crippen MR) is 130 cm³/mol. The molecule has 1 saturated carbocycles. The van der Waals surface area contributed by atoms with Gasteiger partial charge >= 0.3 is 0 Å². The Labute approximate surface area is 197 Å². The Morgan fingerprint density at radius 2 is 1.83 bits per heavy atom. The third-order valence-corrected chi connectivity index (χ3v) is 5.63. The molecule has 8 heteroatoms. The van der Waals surface area contributed by atoms with Crippen LogP contribution in [0, 0.1) is 0 Å². The first-order valence-corrected chi connectivity index (χ1v) is 10.7. The molecular weight excluding hydrogens is 495 g/mol. The molecule has 2 aliphatic rings. The van der Waals surface area contributed by atoms with Gasteiger partial charge in [-0.3, -0.25) is 4.79 Å². The Hall–Kier alpha value is -1.71. The number of piperazine rings is 1. The zero-order valence-electron chi connectivity index (χ0n) is 18.4. The molecule has 0 aromatic heterocycles. The molecule has 0 unspecified atom stereocenters. The van der Waals surface area contributed by atoms with Gasteiger partial charge in [0.1, 0.15) is 11.5 Å². The Morgan fingerprint density at radius 1 is 1.17 bits per heavy atom. The predicted octanol–water partition coefficient (Wildman–Crippen LogP) is 3.26. The zero-order chi connectivity index (χ0) is 20.6. The number of ether oxygens (including phenoxy) is 2. The molecule has 1 aliphatic heterocycles. The molecule has 1 saturated heterocycles. The van der Waals surface area contributed by atoms with Crippen LogP contribution in [0.3, 0.4) is 0 Å². The first-order chi connectivity index (χ1) is 14.1. The third kappa shape index (κ3) is 6.65. The minimum Gasteiger partial charge on any atom is -0.497 e. The van der Waals surface area contributed by atoms with Crippen LogP contribution in [0.2, 0.25) is 0 Å². The van der Waals surface area contributed by atoms with E-state index in [1.165, 1.54) is 12.8 Å². The van der Waals surface area contributed by atoms with Gasteiger partial charge < -0.3 is 24.6 Å². The van der Waals surface area contributed by atoms with E-state index < -0.39 is 0 Å². The Balaban J connectivity index is 0.00000320. The molecule has 1 aliphatic carbocycles. The van der Waals surface area contributed by atoms with Crippen molar-refractivity contribution in [3.8, 4) is 11.5 Å². The van der Waals surface area contributed by atoms with Crippen LogP contribution in [-0.4, -0.2) is 67.6 Å². The first-order valence-electron chi connectivity index (χ1n) is 10.7. The molecule has 0 bridgehead atoms. The molecular formula is C22H35IN4O3. The molecule has 168 valence electrons. The fourth-order valence-corrected chi connectivity index (χ4v) is 3.91. The quantitative estimate of drug-likeness (QED) is 0.348. The van der Waals surface area contributed by atoms with Crippen LogP contribution in [0.5, 0.6) is 11.5 Å². The highest BCUT2D eigenvalue weighted by atomic mass is 127. The van der Waals surface area contributed by atoms with E-state index in [-0.39, 0.29) is 36.0 Å². The van der Waals surface area contributed by atoms with Crippen molar-refractivity contribution in [2.75, 3.05) is 39.8 Å². The van der Waals surface area contributed by atoms with E-state index in [0.717, 1.165) is 68.6 Å². The van der Waals surface area contributed by atoms with Gasteiger partial charge in [-0.1, -0.05) is 0 Å². The lowest BCUT2D eigenvalue weighted by molar-refractivity contribution is -0.130. The molecule has 30 heavy (non-hydrogen) atoms. The summed E-state index contributed by atoms with van der Waals surface area (Å²) >= 11 is 0. The summed E-state index contributed by atoms with van der Waals surface area (Å²) in [6.07, 6.45) is 4.99. The van der Waals surface area contributed by atoms with Gasteiger partial charge in [-0.2, -0.15) is 0 Å². The second-order valence-electron chi connectivity index (χ2n) is 7.66. The summed E-state index contributed by atoms with van der Waals surface area (Å²) in [5, 5.41) is 3.39. The maximum absolute atomic E-state index is 11.6. The minimum absolute atomic E-state index is 0. The van der Waals surface area contributed by atoms with Crippen molar-refractivity contribution >= 4 is 35.8 Å². The SMILES string of the molecule is CCNC(=NCc1ccc(OC)cc1OC1CCCC1)N1CCN(C(C)=O)CC1.I. The summed E-state index contributed by atoms with van der Waals surface area (Å²) in [4.78, 5) is 20.6. The number of carbonyl (C=O) groups excluding carboxylic acids is 1. The summed E-state index contributed by atoms with van der Waals surface area (Å²) in [6, 6.07) is 5.98. The van der Waals surface area contributed by atoms with Gasteiger partial charge in [0.15, 0.2) is 5.96 Å². The second kappa shape index (κ2) is 12.2. The number of aliphatic imine (C=N–C) groups is 1. The molecule has 2 fully saturated rings. The van der Waals surface area contributed by atoms with Gasteiger partial charge in [0.05, 0.1) is 19.8 Å². The summed E-state index contributed by atoms with van der Waals surface area (Å²) < 4.78 is 11.7. The van der Waals surface area contributed by atoms with E-state index in [1.54, 1.807) is 14.0 Å². The van der Waals surface area contributed by atoms with Crippen LogP contribution >= 0.6 is 24.0 Å². The number of hydrogen-bond donors (Lipinski definition) is 1. The molecule has 0 spiro atoms. The molecule has 1 aromatic rings. The number of carbonyl (C=O) groups is 1. The molecule has 1 N–H and O–H groups in total. The standard InChI is InChI=1S/C22H34N4O3.HI/c1-4-23-22(26-13-11-25(12-14-26)17(2)27)24-16-18-9-10-20(28-3)15-21(18)29-19-7-5-6-8-19;/h9-10,15,19H,4-8,11-14,16H2,1-3H3,(H,23,24);1H. The summed E-state index contributed by atoms with van der Waals surface area (Å²) in [6.45, 7) is 8.10. The fourth-order valence-electron chi connectivity index (χ4n) is 3.91. The highest BCUT2D eigenvalue weighted by Crippen LogP contribution is 2.30.